The van der Waals surface area contributed by atoms with E-state index in [1.807, 2.05) is 12.1 Å². The van der Waals surface area contributed by atoms with E-state index in [9.17, 15) is 5.11 Å². The van der Waals surface area contributed by atoms with E-state index in [4.69, 9.17) is 4.99 Å². The molecule has 4 heteroatoms. The largest absolute Gasteiger partial charge is 0.395 e. The molecule has 1 saturated carbocycles. The summed E-state index contributed by atoms with van der Waals surface area (Å²) in [6, 6.07) is 17.3. The van der Waals surface area contributed by atoms with Gasteiger partial charge in [0.05, 0.1) is 18.0 Å². The van der Waals surface area contributed by atoms with Crippen LogP contribution in [0, 0.1) is 6.92 Å². The Kier molecular flexibility index (Phi) is 6.08. The van der Waals surface area contributed by atoms with Gasteiger partial charge in [0.2, 0.25) is 0 Å². The Morgan fingerprint density at radius 1 is 1.07 bits per heavy atom. The molecule has 1 N–H and O–H groups in total. The quantitative estimate of drug-likeness (QED) is 0.586. The molecule has 0 atom stereocenters. The number of aliphatic hydroxyl groups excluding tert-OH is 1. The van der Waals surface area contributed by atoms with Gasteiger partial charge in [0, 0.05) is 11.9 Å². The van der Waals surface area contributed by atoms with Gasteiger partial charge in [-0.25, -0.2) is 4.99 Å². The smallest absolute Gasteiger partial charge is 0.190 e. The van der Waals surface area contributed by atoms with Crippen molar-refractivity contribution in [2.75, 3.05) is 6.61 Å². The van der Waals surface area contributed by atoms with Crippen molar-refractivity contribution in [1.82, 2.24) is 4.57 Å². The fourth-order valence-corrected chi connectivity index (χ4v) is 5.09. The second-order valence-corrected chi connectivity index (χ2v) is 8.52. The standard InChI is InChI=1S/C24H28N2OS/c1-18-6-5-9-22(16-18)25-24-26(14-15-27)23(17-28-24)21-12-10-20(11-13-21)19-7-3-2-4-8-19/h5-6,9-13,16-17,19,27H,2-4,7-8,14-15H2,1H3. The third kappa shape index (κ3) is 4.29. The number of hydrogen-bond donors (Lipinski definition) is 1. The van der Waals surface area contributed by atoms with Crippen molar-refractivity contribution in [2.24, 2.45) is 4.99 Å². The molecule has 0 aliphatic heterocycles. The Morgan fingerprint density at radius 3 is 2.57 bits per heavy atom. The predicted molar refractivity (Wildman–Crippen MR) is 117 cm³/mol. The van der Waals surface area contributed by atoms with E-state index in [-0.39, 0.29) is 6.61 Å². The van der Waals surface area contributed by atoms with Crippen LogP contribution in [0.3, 0.4) is 0 Å². The summed E-state index contributed by atoms with van der Waals surface area (Å²) in [5, 5.41) is 11.8. The highest BCUT2D eigenvalue weighted by atomic mass is 32.1. The first-order chi connectivity index (χ1) is 13.7. The van der Waals surface area contributed by atoms with Crippen LogP contribution in [0.4, 0.5) is 5.69 Å². The highest BCUT2D eigenvalue weighted by Crippen LogP contribution is 2.33. The van der Waals surface area contributed by atoms with Crippen LogP contribution >= 0.6 is 11.3 Å². The van der Waals surface area contributed by atoms with Crippen molar-refractivity contribution < 1.29 is 5.11 Å². The van der Waals surface area contributed by atoms with Gasteiger partial charge in [0.15, 0.2) is 4.80 Å². The van der Waals surface area contributed by atoms with Crippen molar-refractivity contribution in [1.29, 1.82) is 0 Å². The molecule has 1 aliphatic rings. The molecule has 0 saturated heterocycles. The van der Waals surface area contributed by atoms with E-state index in [1.165, 1.54) is 48.8 Å². The summed E-state index contributed by atoms with van der Waals surface area (Å²) in [5.41, 5.74) is 5.94. The zero-order valence-electron chi connectivity index (χ0n) is 16.5. The number of aromatic nitrogens is 1. The van der Waals surface area contributed by atoms with Gasteiger partial charge in [-0.3, -0.25) is 0 Å². The Bertz CT molecular complexity index is 978. The molecule has 3 aromatic rings. The molecule has 2 aromatic carbocycles. The van der Waals surface area contributed by atoms with Crippen LogP contribution in [0.25, 0.3) is 11.3 Å². The number of aliphatic hydroxyl groups is 1. The summed E-state index contributed by atoms with van der Waals surface area (Å²) in [5.74, 6) is 0.724. The third-order valence-corrected chi connectivity index (χ3v) is 6.49. The van der Waals surface area contributed by atoms with Gasteiger partial charge in [-0.2, -0.15) is 0 Å². The van der Waals surface area contributed by atoms with Crippen LogP contribution in [0.5, 0.6) is 0 Å². The number of aryl methyl sites for hydroxylation is 1. The fraction of sp³-hybridized carbons (Fsp3) is 0.375. The van der Waals surface area contributed by atoms with Gasteiger partial charge in [-0.1, -0.05) is 55.7 Å². The molecule has 1 aliphatic carbocycles. The van der Waals surface area contributed by atoms with Crippen LogP contribution in [0.15, 0.2) is 58.9 Å². The van der Waals surface area contributed by atoms with E-state index in [0.29, 0.717) is 6.54 Å². The maximum Gasteiger partial charge on any atom is 0.190 e. The fourth-order valence-electron chi connectivity index (χ4n) is 4.14. The monoisotopic (exact) mass is 392 g/mol. The van der Waals surface area contributed by atoms with Crippen molar-refractivity contribution in [2.45, 2.75) is 51.5 Å². The lowest BCUT2D eigenvalue weighted by Gasteiger charge is -2.22. The summed E-state index contributed by atoms with van der Waals surface area (Å²) < 4.78 is 2.13. The molecule has 1 fully saturated rings. The normalized spacial score (nSPS) is 15.9. The second kappa shape index (κ2) is 8.89. The summed E-state index contributed by atoms with van der Waals surface area (Å²) >= 11 is 1.63. The van der Waals surface area contributed by atoms with Crippen LogP contribution in [0.2, 0.25) is 0 Å². The molecule has 0 radical (unpaired) electrons. The molecule has 1 heterocycles. The first kappa shape index (κ1) is 19.2. The van der Waals surface area contributed by atoms with Crippen LogP contribution in [-0.4, -0.2) is 16.3 Å². The van der Waals surface area contributed by atoms with Crippen molar-refractivity contribution >= 4 is 17.0 Å². The Balaban J connectivity index is 1.67. The van der Waals surface area contributed by atoms with Gasteiger partial charge in [-0.15, -0.1) is 11.3 Å². The lowest BCUT2D eigenvalue weighted by atomic mass is 9.84. The third-order valence-electron chi connectivity index (χ3n) is 5.63. The van der Waals surface area contributed by atoms with E-state index in [0.717, 1.165) is 22.1 Å². The van der Waals surface area contributed by atoms with Gasteiger partial charge in [-0.05, 0) is 54.5 Å². The molecule has 0 unspecified atom stereocenters. The zero-order valence-corrected chi connectivity index (χ0v) is 17.3. The minimum absolute atomic E-state index is 0.102. The number of benzene rings is 2. The molecule has 0 spiro atoms. The molecule has 4 rings (SSSR count). The molecular weight excluding hydrogens is 364 g/mol. The summed E-state index contributed by atoms with van der Waals surface area (Å²) in [7, 11) is 0. The van der Waals surface area contributed by atoms with Crippen LogP contribution in [0.1, 0.15) is 49.1 Å². The van der Waals surface area contributed by atoms with E-state index >= 15 is 0 Å². The molecule has 0 amide bonds. The molecule has 3 nitrogen and oxygen atoms in total. The SMILES string of the molecule is Cc1cccc(N=c2scc(-c3ccc(C4CCCCC4)cc3)n2CCO)c1. The summed E-state index contributed by atoms with van der Waals surface area (Å²) in [4.78, 5) is 5.75. The minimum Gasteiger partial charge on any atom is -0.395 e. The van der Waals surface area contributed by atoms with Crippen molar-refractivity contribution in [3.05, 3.63) is 69.8 Å². The Labute approximate surface area is 171 Å². The number of nitrogens with zero attached hydrogens (tertiary/aromatic N) is 2. The average Bonchev–Trinajstić information content (AvgIpc) is 3.11. The molecule has 146 valence electrons. The van der Waals surface area contributed by atoms with Gasteiger partial charge in [0.1, 0.15) is 0 Å². The zero-order chi connectivity index (χ0) is 19.3. The van der Waals surface area contributed by atoms with Crippen molar-refractivity contribution in [3.63, 3.8) is 0 Å². The maximum atomic E-state index is 9.60. The molecular formula is C24H28N2OS. The highest BCUT2D eigenvalue weighted by Gasteiger charge is 2.16. The van der Waals surface area contributed by atoms with Crippen LogP contribution in [-0.2, 0) is 6.54 Å². The second-order valence-electron chi connectivity index (χ2n) is 7.69. The number of rotatable bonds is 5. The number of thiazole rings is 1. The summed E-state index contributed by atoms with van der Waals surface area (Å²) in [6.07, 6.45) is 6.75. The topological polar surface area (TPSA) is 37.5 Å². The predicted octanol–water partition coefficient (Wildman–Crippen LogP) is 5.80. The Hall–Kier alpha value is -2.17. The molecule has 1 aromatic heterocycles. The summed E-state index contributed by atoms with van der Waals surface area (Å²) in [6.45, 7) is 2.73. The molecule has 0 bridgehead atoms. The van der Waals surface area contributed by atoms with Gasteiger partial charge in [0.25, 0.3) is 0 Å². The lowest BCUT2D eigenvalue weighted by Crippen LogP contribution is -2.17. The van der Waals surface area contributed by atoms with Crippen LogP contribution < -0.4 is 4.80 Å². The first-order valence-electron chi connectivity index (χ1n) is 10.3. The van der Waals surface area contributed by atoms with E-state index in [2.05, 4.69) is 53.3 Å². The maximum absolute atomic E-state index is 9.60. The van der Waals surface area contributed by atoms with E-state index in [1.54, 1.807) is 11.3 Å². The highest BCUT2D eigenvalue weighted by molar-refractivity contribution is 7.07. The van der Waals surface area contributed by atoms with Crippen molar-refractivity contribution in [3.8, 4) is 11.3 Å². The van der Waals surface area contributed by atoms with Gasteiger partial charge < -0.3 is 9.67 Å². The number of hydrogen-bond acceptors (Lipinski definition) is 3. The van der Waals surface area contributed by atoms with Gasteiger partial charge >= 0.3 is 0 Å². The lowest BCUT2D eigenvalue weighted by molar-refractivity contribution is 0.275. The molecule has 28 heavy (non-hydrogen) atoms. The van der Waals surface area contributed by atoms with E-state index < -0.39 is 0 Å². The Morgan fingerprint density at radius 2 is 1.86 bits per heavy atom. The first-order valence-corrected chi connectivity index (χ1v) is 11.1. The average molecular weight is 393 g/mol. The minimum atomic E-state index is 0.102.